The Morgan fingerprint density at radius 3 is 1.70 bits per heavy atom. The first kappa shape index (κ1) is 19.8. The highest BCUT2D eigenvalue weighted by molar-refractivity contribution is 4.55. The van der Waals surface area contributed by atoms with E-state index in [-0.39, 0.29) is 18.3 Å². The number of hydrogen-bond donors (Lipinski definition) is 0. The van der Waals surface area contributed by atoms with Crippen molar-refractivity contribution < 1.29 is 18.9 Å². The summed E-state index contributed by atoms with van der Waals surface area (Å²) in [4.78, 5) is 0. The van der Waals surface area contributed by atoms with Gasteiger partial charge in [0.05, 0.1) is 38.1 Å². The third-order valence-electron chi connectivity index (χ3n) is 2.87. The lowest BCUT2D eigenvalue weighted by molar-refractivity contribution is -0.0790. The highest BCUT2D eigenvalue weighted by Crippen LogP contribution is 2.02. The van der Waals surface area contributed by atoms with Crippen molar-refractivity contribution in [3.05, 3.63) is 0 Å². The second-order valence-electron chi connectivity index (χ2n) is 5.81. The van der Waals surface area contributed by atoms with Gasteiger partial charge in [-0.1, -0.05) is 13.8 Å². The van der Waals surface area contributed by atoms with Gasteiger partial charge in [-0.15, -0.1) is 0 Å². The van der Waals surface area contributed by atoms with Crippen LogP contribution in [0.1, 0.15) is 48.0 Å². The van der Waals surface area contributed by atoms with Crippen LogP contribution in [0.2, 0.25) is 0 Å². The molecule has 0 heterocycles. The predicted molar refractivity (Wildman–Crippen MR) is 82.2 cm³/mol. The summed E-state index contributed by atoms with van der Waals surface area (Å²) >= 11 is 0. The van der Waals surface area contributed by atoms with E-state index in [9.17, 15) is 0 Å². The van der Waals surface area contributed by atoms with Gasteiger partial charge >= 0.3 is 0 Å². The van der Waals surface area contributed by atoms with Gasteiger partial charge in [-0.3, -0.25) is 0 Å². The molecule has 0 bridgehead atoms. The maximum atomic E-state index is 5.71. The maximum Gasteiger partial charge on any atom is 0.0781 e. The van der Waals surface area contributed by atoms with Crippen LogP contribution in [0.15, 0.2) is 0 Å². The standard InChI is InChI=1S/C16H34O4/c1-7-18-15(5)11-20-16(6)12-19-14(4)10-17-9-8-13(2)3/h13-16H,7-12H2,1-6H3. The van der Waals surface area contributed by atoms with Gasteiger partial charge in [0.25, 0.3) is 0 Å². The topological polar surface area (TPSA) is 36.9 Å². The Morgan fingerprint density at radius 2 is 1.20 bits per heavy atom. The summed E-state index contributed by atoms with van der Waals surface area (Å²) < 4.78 is 22.4. The van der Waals surface area contributed by atoms with E-state index in [4.69, 9.17) is 18.9 Å². The van der Waals surface area contributed by atoms with Gasteiger partial charge in [0.2, 0.25) is 0 Å². The van der Waals surface area contributed by atoms with Gasteiger partial charge in [-0.2, -0.15) is 0 Å². The molecule has 0 saturated carbocycles. The van der Waals surface area contributed by atoms with Crippen LogP contribution in [0.25, 0.3) is 0 Å². The van der Waals surface area contributed by atoms with Crippen molar-refractivity contribution in [2.75, 3.05) is 33.0 Å². The zero-order valence-corrected chi connectivity index (χ0v) is 14.2. The fraction of sp³-hybridized carbons (Fsp3) is 1.00. The van der Waals surface area contributed by atoms with Gasteiger partial charge in [0, 0.05) is 13.2 Å². The van der Waals surface area contributed by atoms with Crippen LogP contribution in [-0.4, -0.2) is 51.3 Å². The molecule has 0 aromatic carbocycles. The average Bonchev–Trinajstić information content (AvgIpc) is 2.39. The first-order valence-electron chi connectivity index (χ1n) is 7.88. The van der Waals surface area contributed by atoms with Crippen molar-refractivity contribution in [2.24, 2.45) is 5.92 Å². The van der Waals surface area contributed by atoms with E-state index in [0.29, 0.717) is 25.7 Å². The third kappa shape index (κ3) is 12.9. The molecule has 0 aliphatic carbocycles. The average molecular weight is 290 g/mol. The van der Waals surface area contributed by atoms with E-state index in [1.165, 1.54) is 0 Å². The lowest BCUT2D eigenvalue weighted by Crippen LogP contribution is -2.26. The van der Waals surface area contributed by atoms with Crippen molar-refractivity contribution in [3.8, 4) is 0 Å². The Morgan fingerprint density at radius 1 is 0.700 bits per heavy atom. The van der Waals surface area contributed by atoms with E-state index in [1.54, 1.807) is 0 Å². The van der Waals surface area contributed by atoms with Crippen LogP contribution in [0.4, 0.5) is 0 Å². The highest BCUT2D eigenvalue weighted by atomic mass is 16.6. The molecule has 0 aliphatic heterocycles. The normalized spacial score (nSPS) is 16.4. The quantitative estimate of drug-likeness (QED) is 0.488. The van der Waals surface area contributed by atoms with E-state index in [0.717, 1.165) is 19.6 Å². The van der Waals surface area contributed by atoms with Crippen LogP contribution < -0.4 is 0 Å². The molecule has 0 aromatic heterocycles. The molecule has 122 valence electrons. The fourth-order valence-electron chi connectivity index (χ4n) is 1.60. The highest BCUT2D eigenvalue weighted by Gasteiger charge is 2.09. The van der Waals surface area contributed by atoms with Crippen molar-refractivity contribution in [2.45, 2.75) is 66.3 Å². The van der Waals surface area contributed by atoms with Crippen molar-refractivity contribution in [1.29, 1.82) is 0 Å². The molecule has 3 atom stereocenters. The zero-order chi connectivity index (χ0) is 15.4. The molecule has 0 spiro atoms. The molecule has 3 unspecified atom stereocenters. The second kappa shape index (κ2) is 12.6. The molecule has 20 heavy (non-hydrogen) atoms. The number of rotatable bonds is 13. The summed E-state index contributed by atoms with van der Waals surface area (Å²) in [6, 6.07) is 0. The lowest BCUT2D eigenvalue weighted by atomic mass is 10.1. The monoisotopic (exact) mass is 290 g/mol. The molecule has 0 fully saturated rings. The minimum Gasteiger partial charge on any atom is -0.379 e. The van der Waals surface area contributed by atoms with Gasteiger partial charge in [0.15, 0.2) is 0 Å². The van der Waals surface area contributed by atoms with Gasteiger partial charge < -0.3 is 18.9 Å². The van der Waals surface area contributed by atoms with Gasteiger partial charge in [-0.05, 0) is 40.0 Å². The van der Waals surface area contributed by atoms with Crippen molar-refractivity contribution in [1.82, 2.24) is 0 Å². The largest absolute Gasteiger partial charge is 0.379 e. The first-order valence-corrected chi connectivity index (χ1v) is 7.88. The summed E-state index contributed by atoms with van der Waals surface area (Å²) in [7, 11) is 0. The minimum atomic E-state index is 0.0796. The van der Waals surface area contributed by atoms with Crippen molar-refractivity contribution in [3.63, 3.8) is 0 Å². The molecule has 0 rings (SSSR count). The molecule has 0 radical (unpaired) electrons. The zero-order valence-electron chi connectivity index (χ0n) is 14.2. The number of ether oxygens (including phenoxy) is 4. The van der Waals surface area contributed by atoms with Crippen LogP contribution in [0.3, 0.4) is 0 Å². The summed E-state index contributed by atoms with van der Waals surface area (Å²) in [6.07, 6.45) is 1.43. The van der Waals surface area contributed by atoms with Gasteiger partial charge in [0.1, 0.15) is 0 Å². The Bertz CT molecular complexity index is 209. The molecule has 4 heteroatoms. The summed E-state index contributed by atoms with van der Waals surface area (Å²) in [5, 5.41) is 0. The SMILES string of the molecule is CCOC(C)COC(C)COC(C)COCCC(C)C. The Kier molecular flexibility index (Phi) is 12.5. The van der Waals surface area contributed by atoms with Crippen molar-refractivity contribution >= 4 is 0 Å². The molecule has 0 aromatic rings. The summed E-state index contributed by atoms with van der Waals surface area (Å²) in [5.74, 6) is 0.687. The molecular weight excluding hydrogens is 256 g/mol. The minimum absolute atomic E-state index is 0.0796. The van der Waals surface area contributed by atoms with E-state index in [1.807, 2.05) is 27.7 Å². The second-order valence-corrected chi connectivity index (χ2v) is 5.81. The molecular formula is C16H34O4. The Hall–Kier alpha value is -0.160. The Labute approximate surface area is 125 Å². The molecule has 4 nitrogen and oxygen atoms in total. The molecule has 0 N–H and O–H groups in total. The fourth-order valence-corrected chi connectivity index (χ4v) is 1.60. The molecule has 0 aliphatic rings. The van der Waals surface area contributed by atoms with E-state index < -0.39 is 0 Å². The summed E-state index contributed by atoms with van der Waals surface area (Å²) in [6.45, 7) is 15.8. The maximum absolute atomic E-state index is 5.71. The van der Waals surface area contributed by atoms with Crippen LogP contribution >= 0.6 is 0 Å². The third-order valence-corrected chi connectivity index (χ3v) is 2.87. The van der Waals surface area contributed by atoms with Crippen LogP contribution in [0, 0.1) is 5.92 Å². The molecule has 0 amide bonds. The van der Waals surface area contributed by atoms with Gasteiger partial charge in [-0.25, -0.2) is 0 Å². The number of hydrogen-bond acceptors (Lipinski definition) is 4. The smallest absolute Gasteiger partial charge is 0.0781 e. The van der Waals surface area contributed by atoms with Crippen LogP contribution in [0.5, 0.6) is 0 Å². The summed E-state index contributed by atoms with van der Waals surface area (Å²) in [5.41, 5.74) is 0. The van der Waals surface area contributed by atoms with E-state index >= 15 is 0 Å². The predicted octanol–water partition coefficient (Wildman–Crippen LogP) is 3.28. The Balaban J connectivity index is 3.50. The first-order chi connectivity index (χ1) is 9.45. The van der Waals surface area contributed by atoms with Crippen LogP contribution in [-0.2, 0) is 18.9 Å². The lowest BCUT2D eigenvalue weighted by Gasteiger charge is -2.20. The molecule has 0 saturated heterocycles. The van der Waals surface area contributed by atoms with E-state index in [2.05, 4.69) is 13.8 Å².